The summed E-state index contributed by atoms with van der Waals surface area (Å²) in [4.78, 5) is 14.5. The molecule has 0 unspecified atom stereocenters. The van der Waals surface area contributed by atoms with Crippen LogP contribution in [0.4, 0.5) is 5.69 Å². The van der Waals surface area contributed by atoms with E-state index in [1.54, 1.807) is 35.2 Å². The lowest BCUT2D eigenvalue weighted by Gasteiger charge is -2.24. The van der Waals surface area contributed by atoms with Gasteiger partial charge in [-0.3, -0.25) is 4.79 Å². The Morgan fingerprint density at radius 3 is 2.59 bits per heavy atom. The second-order valence-electron chi connectivity index (χ2n) is 4.71. The third-order valence-corrected chi connectivity index (χ3v) is 3.72. The third-order valence-electron chi connectivity index (χ3n) is 3.17. The first-order valence-electron chi connectivity index (χ1n) is 6.84. The van der Waals surface area contributed by atoms with Crippen molar-refractivity contribution in [2.45, 2.75) is 13.3 Å². The maximum absolute atomic E-state index is 12.9. The van der Waals surface area contributed by atoms with Gasteiger partial charge in [-0.25, -0.2) is 0 Å². The fourth-order valence-electron chi connectivity index (χ4n) is 2.16. The second kappa shape index (κ2) is 7.31. The lowest BCUT2D eigenvalue weighted by atomic mass is 10.1. The Kier molecular flexibility index (Phi) is 5.43. The molecule has 5 heteroatoms. The molecule has 0 saturated carbocycles. The molecule has 0 atom stereocenters. The second-order valence-corrected chi connectivity index (χ2v) is 5.55. The minimum absolute atomic E-state index is 0.281. The molecule has 0 N–H and O–H groups in total. The lowest BCUT2D eigenvalue weighted by molar-refractivity contribution is 0.0986. The molecule has 0 heterocycles. The van der Waals surface area contributed by atoms with Crippen molar-refractivity contribution in [1.29, 1.82) is 5.26 Å². The van der Waals surface area contributed by atoms with E-state index in [-0.39, 0.29) is 11.5 Å². The molecule has 0 aromatic heterocycles. The number of halogens is 2. The first kappa shape index (κ1) is 16.4. The Hall–Kier alpha value is -2.02. The van der Waals surface area contributed by atoms with E-state index < -0.39 is 0 Å². The highest BCUT2D eigenvalue weighted by molar-refractivity contribution is 6.34. The number of hydrogen-bond donors (Lipinski definition) is 0. The van der Waals surface area contributed by atoms with E-state index in [4.69, 9.17) is 23.2 Å². The zero-order valence-corrected chi connectivity index (χ0v) is 13.5. The molecule has 2 aromatic carbocycles. The van der Waals surface area contributed by atoms with Gasteiger partial charge in [-0.1, -0.05) is 42.3 Å². The first-order chi connectivity index (χ1) is 10.6. The normalized spacial score (nSPS) is 10.1. The number of rotatable bonds is 4. The van der Waals surface area contributed by atoms with Gasteiger partial charge in [0.1, 0.15) is 0 Å². The Morgan fingerprint density at radius 1 is 1.23 bits per heavy atom. The molecule has 0 aliphatic heterocycles. The SMILES string of the molecule is CCCN(C(=O)c1cc(Cl)ccc1C#N)c1ccccc1Cl. The molecule has 0 radical (unpaired) electrons. The van der Waals surface area contributed by atoms with E-state index >= 15 is 0 Å². The monoisotopic (exact) mass is 332 g/mol. The van der Waals surface area contributed by atoms with Crippen molar-refractivity contribution in [1.82, 2.24) is 0 Å². The summed E-state index contributed by atoms with van der Waals surface area (Å²) in [5, 5.41) is 10.1. The van der Waals surface area contributed by atoms with Crippen molar-refractivity contribution in [2.24, 2.45) is 0 Å². The predicted molar refractivity (Wildman–Crippen MR) is 89.6 cm³/mol. The van der Waals surface area contributed by atoms with Gasteiger partial charge in [0.15, 0.2) is 0 Å². The Balaban J connectivity index is 2.50. The van der Waals surface area contributed by atoms with Crippen LogP contribution in [0, 0.1) is 11.3 Å². The minimum Gasteiger partial charge on any atom is -0.307 e. The van der Waals surface area contributed by atoms with Crippen LogP contribution in [-0.4, -0.2) is 12.5 Å². The van der Waals surface area contributed by atoms with Gasteiger partial charge >= 0.3 is 0 Å². The molecule has 0 saturated heterocycles. The molecule has 1 amide bonds. The maximum atomic E-state index is 12.9. The van der Waals surface area contributed by atoms with E-state index in [1.165, 1.54) is 6.07 Å². The Bertz CT molecular complexity index is 738. The van der Waals surface area contributed by atoms with Crippen LogP contribution in [0.2, 0.25) is 10.0 Å². The molecule has 0 aliphatic rings. The van der Waals surface area contributed by atoms with Crippen molar-refractivity contribution in [3.63, 3.8) is 0 Å². The van der Waals surface area contributed by atoms with Gasteiger partial charge in [-0.2, -0.15) is 5.26 Å². The van der Waals surface area contributed by atoms with E-state index in [1.807, 2.05) is 19.1 Å². The third kappa shape index (κ3) is 3.41. The number of benzene rings is 2. The summed E-state index contributed by atoms with van der Waals surface area (Å²) in [5.41, 5.74) is 1.20. The van der Waals surface area contributed by atoms with Gasteiger partial charge in [0.2, 0.25) is 0 Å². The standard InChI is InChI=1S/C17H14Cl2N2O/c1-2-9-21(16-6-4-3-5-15(16)19)17(22)14-10-13(18)8-7-12(14)11-20/h3-8,10H,2,9H2,1H3. The zero-order valence-electron chi connectivity index (χ0n) is 12.0. The summed E-state index contributed by atoms with van der Waals surface area (Å²) in [6.07, 6.45) is 0.763. The fourth-order valence-corrected chi connectivity index (χ4v) is 2.57. The summed E-state index contributed by atoms with van der Waals surface area (Å²) < 4.78 is 0. The smallest absolute Gasteiger partial charge is 0.259 e. The van der Waals surface area contributed by atoms with E-state index in [9.17, 15) is 10.1 Å². The predicted octanol–water partition coefficient (Wildman–Crippen LogP) is 4.92. The minimum atomic E-state index is -0.283. The van der Waals surface area contributed by atoms with Crippen LogP contribution in [0.25, 0.3) is 0 Å². The quantitative estimate of drug-likeness (QED) is 0.797. The summed E-state index contributed by atoms with van der Waals surface area (Å²) in [6.45, 7) is 2.47. The van der Waals surface area contributed by atoms with Gasteiger partial charge in [-0.05, 0) is 36.8 Å². The number of nitrogens with zero attached hydrogens (tertiary/aromatic N) is 2. The average molecular weight is 333 g/mol. The number of hydrogen-bond acceptors (Lipinski definition) is 2. The largest absolute Gasteiger partial charge is 0.307 e. The molecule has 0 fully saturated rings. The van der Waals surface area contributed by atoms with Crippen LogP contribution < -0.4 is 4.90 Å². The Morgan fingerprint density at radius 2 is 1.95 bits per heavy atom. The Labute approximate surface area is 139 Å². The molecule has 0 spiro atoms. The number of anilines is 1. The fraction of sp³-hybridized carbons (Fsp3) is 0.176. The molecule has 0 bridgehead atoms. The van der Waals surface area contributed by atoms with Crippen LogP contribution in [-0.2, 0) is 0 Å². The van der Waals surface area contributed by atoms with Gasteiger partial charge in [-0.15, -0.1) is 0 Å². The van der Waals surface area contributed by atoms with Gasteiger partial charge in [0, 0.05) is 11.6 Å². The molecule has 112 valence electrons. The molecule has 0 aliphatic carbocycles. The average Bonchev–Trinajstić information content (AvgIpc) is 2.53. The number of amides is 1. The van der Waals surface area contributed by atoms with Crippen LogP contribution in [0.1, 0.15) is 29.3 Å². The van der Waals surface area contributed by atoms with Crippen molar-refractivity contribution in [3.05, 3.63) is 63.6 Å². The number of carbonyl (C=O) groups is 1. The number of carbonyl (C=O) groups excluding carboxylic acids is 1. The summed E-state index contributed by atoms with van der Waals surface area (Å²) in [6, 6.07) is 13.8. The molecule has 2 rings (SSSR count). The maximum Gasteiger partial charge on any atom is 0.259 e. The van der Waals surface area contributed by atoms with Gasteiger partial charge in [0.05, 0.1) is 27.9 Å². The molecular formula is C17H14Cl2N2O. The van der Waals surface area contributed by atoms with Crippen LogP contribution in [0.3, 0.4) is 0 Å². The number of para-hydroxylation sites is 1. The summed E-state index contributed by atoms with van der Waals surface area (Å²) in [5.74, 6) is -0.283. The lowest BCUT2D eigenvalue weighted by Crippen LogP contribution is -2.32. The van der Waals surface area contributed by atoms with Gasteiger partial charge < -0.3 is 4.90 Å². The van der Waals surface area contributed by atoms with Crippen LogP contribution in [0.5, 0.6) is 0 Å². The summed E-state index contributed by atoms with van der Waals surface area (Å²) >= 11 is 12.2. The van der Waals surface area contributed by atoms with Crippen molar-refractivity contribution < 1.29 is 4.79 Å². The zero-order chi connectivity index (χ0) is 16.1. The first-order valence-corrected chi connectivity index (χ1v) is 7.60. The summed E-state index contributed by atoms with van der Waals surface area (Å²) in [7, 11) is 0. The highest BCUT2D eigenvalue weighted by Crippen LogP contribution is 2.28. The topological polar surface area (TPSA) is 44.1 Å². The van der Waals surface area contributed by atoms with Crippen LogP contribution >= 0.6 is 23.2 Å². The molecule has 2 aromatic rings. The molecule has 22 heavy (non-hydrogen) atoms. The van der Waals surface area contributed by atoms with Crippen LogP contribution in [0.15, 0.2) is 42.5 Å². The molecular weight excluding hydrogens is 319 g/mol. The molecule has 3 nitrogen and oxygen atoms in total. The van der Waals surface area contributed by atoms with Crippen molar-refractivity contribution >= 4 is 34.8 Å². The van der Waals surface area contributed by atoms with Crippen molar-refractivity contribution in [2.75, 3.05) is 11.4 Å². The van der Waals surface area contributed by atoms with Gasteiger partial charge in [0.25, 0.3) is 5.91 Å². The van der Waals surface area contributed by atoms with E-state index in [0.717, 1.165) is 6.42 Å². The highest BCUT2D eigenvalue weighted by atomic mass is 35.5. The highest BCUT2D eigenvalue weighted by Gasteiger charge is 2.22. The van der Waals surface area contributed by atoms with E-state index in [2.05, 4.69) is 0 Å². The number of nitriles is 1. The van der Waals surface area contributed by atoms with Crippen molar-refractivity contribution in [3.8, 4) is 6.07 Å². The van der Waals surface area contributed by atoms with E-state index in [0.29, 0.717) is 27.8 Å².